The van der Waals surface area contributed by atoms with E-state index in [-0.39, 0.29) is 11.9 Å². The number of benzene rings is 1. The number of nitrogens with one attached hydrogen (secondary N) is 1. The molecule has 1 unspecified atom stereocenters. The van der Waals surface area contributed by atoms with Gasteiger partial charge in [0.05, 0.1) is 0 Å². The predicted molar refractivity (Wildman–Crippen MR) is 87.1 cm³/mol. The first-order valence-electron chi connectivity index (χ1n) is 8.04. The number of anilines is 1. The number of nitrogens with zero attached hydrogens (tertiary/aromatic N) is 1. The zero-order valence-electron chi connectivity index (χ0n) is 13.0. The van der Waals surface area contributed by atoms with Gasteiger partial charge in [-0.1, -0.05) is 25.5 Å². The Balaban J connectivity index is 1.79. The monoisotopic (exact) mass is 289 g/mol. The number of carbonyl (C=O) groups is 1. The van der Waals surface area contributed by atoms with Crippen molar-refractivity contribution in [2.75, 3.05) is 18.4 Å². The molecule has 1 amide bonds. The predicted octanol–water partition coefficient (Wildman–Crippen LogP) is 2.74. The summed E-state index contributed by atoms with van der Waals surface area (Å²) in [5, 5.41) is 2.92. The van der Waals surface area contributed by atoms with Crippen molar-refractivity contribution >= 4 is 11.6 Å². The smallest absolute Gasteiger partial charge is 0.225 e. The fourth-order valence-electron chi connectivity index (χ4n) is 2.82. The first-order chi connectivity index (χ1) is 10.2. The van der Waals surface area contributed by atoms with Crippen LogP contribution in [0, 0.1) is 0 Å². The zero-order chi connectivity index (χ0) is 15.1. The van der Waals surface area contributed by atoms with Crippen LogP contribution in [0.15, 0.2) is 24.3 Å². The molecule has 1 aromatic carbocycles. The lowest BCUT2D eigenvalue weighted by atomic mass is 10.1. The summed E-state index contributed by atoms with van der Waals surface area (Å²) >= 11 is 0. The van der Waals surface area contributed by atoms with Crippen LogP contribution in [0.5, 0.6) is 0 Å². The highest BCUT2D eigenvalue weighted by molar-refractivity contribution is 5.91. The Labute approximate surface area is 127 Å². The molecule has 1 aromatic rings. The van der Waals surface area contributed by atoms with Gasteiger partial charge in [-0.3, -0.25) is 9.69 Å². The minimum atomic E-state index is -0.0376. The molecule has 3 N–H and O–H groups in total. The largest absolute Gasteiger partial charge is 0.327 e. The quantitative estimate of drug-likeness (QED) is 0.811. The van der Waals surface area contributed by atoms with E-state index < -0.39 is 0 Å². The van der Waals surface area contributed by atoms with Crippen LogP contribution >= 0.6 is 0 Å². The normalized spacial score (nSPS) is 16.9. The number of amides is 1. The van der Waals surface area contributed by atoms with E-state index in [0.717, 1.165) is 25.1 Å². The second-order valence-corrected chi connectivity index (χ2v) is 5.98. The van der Waals surface area contributed by atoms with Gasteiger partial charge < -0.3 is 11.1 Å². The van der Waals surface area contributed by atoms with Crippen molar-refractivity contribution in [3.63, 3.8) is 0 Å². The van der Waals surface area contributed by atoms with Crippen LogP contribution in [-0.4, -0.2) is 29.9 Å². The number of rotatable bonds is 7. The van der Waals surface area contributed by atoms with Crippen molar-refractivity contribution in [1.82, 2.24) is 4.90 Å². The Morgan fingerprint density at radius 1 is 1.29 bits per heavy atom. The van der Waals surface area contributed by atoms with Crippen molar-refractivity contribution in [2.45, 2.75) is 51.6 Å². The molecule has 1 fully saturated rings. The van der Waals surface area contributed by atoms with Gasteiger partial charge >= 0.3 is 0 Å². The van der Waals surface area contributed by atoms with Gasteiger partial charge in [-0.15, -0.1) is 0 Å². The molecular formula is C17H27N3O. The summed E-state index contributed by atoms with van der Waals surface area (Å²) in [6.07, 6.45) is 4.92. The third-order valence-electron chi connectivity index (χ3n) is 3.95. The summed E-state index contributed by atoms with van der Waals surface area (Å²) in [7, 11) is 0. The molecule has 0 radical (unpaired) electrons. The van der Waals surface area contributed by atoms with Gasteiger partial charge in [0.25, 0.3) is 0 Å². The molecule has 0 aromatic heterocycles. The van der Waals surface area contributed by atoms with Gasteiger partial charge in [0.15, 0.2) is 0 Å². The Morgan fingerprint density at radius 3 is 2.57 bits per heavy atom. The molecule has 0 bridgehead atoms. The molecule has 1 aliphatic heterocycles. The second-order valence-electron chi connectivity index (χ2n) is 5.98. The SMILES string of the molecule is CCCC(N)CC(=O)Nc1ccc(CN2CCCC2)cc1. The number of carbonyl (C=O) groups excluding carboxylic acids is 1. The molecule has 0 saturated carbocycles. The lowest BCUT2D eigenvalue weighted by Gasteiger charge is -2.15. The van der Waals surface area contributed by atoms with Crippen LogP contribution in [0.1, 0.15) is 44.6 Å². The van der Waals surface area contributed by atoms with Crippen molar-refractivity contribution in [3.05, 3.63) is 29.8 Å². The second kappa shape index (κ2) is 8.15. The van der Waals surface area contributed by atoms with Crippen molar-refractivity contribution < 1.29 is 4.79 Å². The highest BCUT2D eigenvalue weighted by Crippen LogP contribution is 2.15. The minimum absolute atomic E-state index is 0.00300. The van der Waals surface area contributed by atoms with E-state index in [9.17, 15) is 4.79 Å². The highest BCUT2D eigenvalue weighted by Gasteiger charge is 2.12. The third kappa shape index (κ3) is 5.48. The first kappa shape index (κ1) is 16.0. The number of nitrogens with two attached hydrogens (primary N) is 1. The molecule has 0 spiro atoms. The van der Waals surface area contributed by atoms with Crippen LogP contribution in [0.4, 0.5) is 5.69 Å². The number of hydrogen-bond acceptors (Lipinski definition) is 3. The average molecular weight is 289 g/mol. The maximum Gasteiger partial charge on any atom is 0.225 e. The van der Waals surface area contributed by atoms with Crippen LogP contribution in [0.3, 0.4) is 0 Å². The zero-order valence-corrected chi connectivity index (χ0v) is 13.0. The molecule has 4 heteroatoms. The molecule has 2 rings (SSSR count). The molecule has 1 heterocycles. The molecule has 21 heavy (non-hydrogen) atoms. The molecule has 1 atom stereocenters. The van der Waals surface area contributed by atoms with Crippen LogP contribution in [0.2, 0.25) is 0 Å². The van der Waals surface area contributed by atoms with Gasteiger partial charge in [0, 0.05) is 24.7 Å². The minimum Gasteiger partial charge on any atom is -0.327 e. The van der Waals surface area contributed by atoms with E-state index in [1.807, 2.05) is 12.1 Å². The maximum absolute atomic E-state index is 11.9. The van der Waals surface area contributed by atoms with E-state index in [4.69, 9.17) is 5.73 Å². The fourth-order valence-corrected chi connectivity index (χ4v) is 2.82. The summed E-state index contributed by atoms with van der Waals surface area (Å²) in [6.45, 7) is 5.49. The standard InChI is InChI=1S/C17H27N3O/c1-2-5-15(18)12-17(21)19-16-8-6-14(7-9-16)13-20-10-3-4-11-20/h6-9,15H,2-5,10-13,18H2,1H3,(H,19,21). The van der Waals surface area contributed by atoms with Crippen molar-refractivity contribution in [1.29, 1.82) is 0 Å². The molecule has 1 aliphatic rings. The first-order valence-corrected chi connectivity index (χ1v) is 8.04. The van der Waals surface area contributed by atoms with E-state index >= 15 is 0 Å². The summed E-state index contributed by atoms with van der Waals surface area (Å²) in [6, 6.07) is 8.12. The number of hydrogen-bond donors (Lipinski definition) is 2. The highest BCUT2D eigenvalue weighted by atomic mass is 16.1. The van der Waals surface area contributed by atoms with Crippen molar-refractivity contribution in [2.24, 2.45) is 5.73 Å². The Morgan fingerprint density at radius 2 is 1.95 bits per heavy atom. The summed E-state index contributed by atoms with van der Waals surface area (Å²) in [5.41, 5.74) is 8.05. The van der Waals surface area contributed by atoms with Crippen LogP contribution in [-0.2, 0) is 11.3 Å². The lowest BCUT2D eigenvalue weighted by molar-refractivity contribution is -0.116. The fraction of sp³-hybridized carbons (Fsp3) is 0.588. The summed E-state index contributed by atoms with van der Waals surface area (Å²) in [5.74, 6) is 0.00300. The van der Waals surface area contributed by atoms with Gasteiger partial charge in [0.2, 0.25) is 5.91 Å². The van der Waals surface area contributed by atoms with Crippen LogP contribution < -0.4 is 11.1 Å². The maximum atomic E-state index is 11.9. The van der Waals surface area contributed by atoms with Crippen molar-refractivity contribution in [3.8, 4) is 0 Å². The van der Waals surface area contributed by atoms with Crippen LogP contribution in [0.25, 0.3) is 0 Å². The lowest BCUT2D eigenvalue weighted by Crippen LogP contribution is -2.26. The average Bonchev–Trinajstić information content (AvgIpc) is 2.94. The van der Waals surface area contributed by atoms with Gasteiger partial charge in [0.1, 0.15) is 0 Å². The van der Waals surface area contributed by atoms with Gasteiger partial charge in [-0.05, 0) is 50.0 Å². The molecule has 0 aliphatic carbocycles. The van der Waals surface area contributed by atoms with Gasteiger partial charge in [-0.25, -0.2) is 0 Å². The molecule has 4 nitrogen and oxygen atoms in total. The topological polar surface area (TPSA) is 58.4 Å². The molecule has 1 saturated heterocycles. The Hall–Kier alpha value is -1.39. The molecule has 116 valence electrons. The Kier molecular flexibility index (Phi) is 6.21. The Bertz CT molecular complexity index is 438. The van der Waals surface area contributed by atoms with E-state index in [2.05, 4.69) is 29.3 Å². The summed E-state index contributed by atoms with van der Waals surface area (Å²) in [4.78, 5) is 14.3. The van der Waals surface area contributed by atoms with Gasteiger partial charge in [-0.2, -0.15) is 0 Å². The summed E-state index contributed by atoms with van der Waals surface area (Å²) < 4.78 is 0. The van der Waals surface area contributed by atoms with E-state index in [1.54, 1.807) is 0 Å². The van der Waals surface area contributed by atoms with E-state index in [0.29, 0.717) is 6.42 Å². The molecular weight excluding hydrogens is 262 g/mol. The number of likely N-dealkylation sites (tertiary alicyclic amines) is 1. The third-order valence-corrected chi connectivity index (χ3v) is 3.95. The van der Waals surface area contributed by atoms with E-state index in [1.165, 1.54) is 31.5 Å².